The molecule has 0 aliphatic carbocycles. The van der Waals surface area contributed by atoms with Crippen molar-refractivity contribution in [2.24, 2.45) is 0 Å². The van der Waals surface area contributed by atoms with Gasteiger partial charge in [-0.3, -0.25) is 0 Å². The van der Waals surface area contributed by atoms with Gasteiger partial charge < -0.3 is 4.98 Å². The first kappa shape index (κ1) is 9.85. The van der Waals surface area contributed by atoms with E-state index >= 15 is 0 Å². The normalized spacial score (nSPS) is 12.0. The van der Waals surface area contributed by atoms with E-state index in [0.29, 0.717) is 5.92 Å². The van der Waals surface area contributed by atoms with Gasteiger partial charge >= 0.3 is 0 Å². The van der Waals surface area contributed by atoms with Crippen LogP contribution in [0.5, 0.6) is 0 Å². The van der Waals surface area contributed by atoms with E-state index < -0.39 is 0 Å². The molecule has 3 aromatic rings. The first-order chi connectivity index (χ1) is 7.65. The Labute approximate surface area is 98.3 Å². The van der Waals surface area contributed by atoms with E-state index in [-0.39, 0.29) is 0 Å². The number of aromatic amines is 1. The molecule has 3 heteroatoms. The lowest BCUT2D eigenvalue weighted by molar-refractivity contribution is 0.836. The molecule has 82 valence electrons. The first-order valence-corrected chi connectivity index (χ1v) is 6.35. The van der Waals surface area contributed by atoms with Gasteiger partial charge in [0.05, 0.1) is 15.2 Å². The fourth-order valence-electron chi connectivity index (χ4n) is 2.03. The molecule has 2 heterocycles. The largest absolute Gasteiger partial charge is 0.358 e. The van der Waals surface area contributed by atoms with Crippen LogP contribution in [0.25, 0.3) is 21.1 Å². The number of H-pyrrole nitrogens is 1. The molecule has 0 bridgehead atoms. The molecule has 0 amide bonds. The molecule has 0 saturated carbocycles. The van der Waals surface area contributed by atoms with Crippen LogP contribution in [0.1, 0.15) is 30.5 Å². The average molecular weight is 230 g/mol. The minimum absolute atomic E-state index is 0.538. The van der Waals surface area contributed by atoms with Crippen molar-refractivity contribution in [3.63, 3.8) is 0 Å². The molecular weight excluding hydrogens is 216 g/mol. The summed E-state index contributed by atoms with van der Waals surface area (Å²) in [6.07, 6.45) is 0. The molecule has 2 nitrogen and oxygen atoms in total. The summed E-state index contributed by atoms with van der Waals surface area (Å²) in [5.74, 6) is 0.538. The molecule has 1 aromatic carbocycles. The summed E-state index contributed by atoms with van der Waals surface area (Å²) >= 11 is 1.78. The van der Waals surface area contributed by atoms with Gasteiger partial charge in [-0.05, 0) is 31.0 Å². The highest BCUT2D eigenvalue weighted by molar-refractivity contribution is 7.19. The molecule has 3 rings (SSSR count). The van der Waals surface area contributed by atoms with E-state index in [1.54, 1.807) is 11.3 Å². The maximum absolute atomic E-state index is 4.52. The molecular formula is C13H14N2S. The molecule has 0 atom stereocenters. The lowest BCUT2D eigenvalue weighted by atomic mass is 10.1. The summed E-state index contributed by atoms with van der Waals surface area (Å²) in [6, 6.07) is 6.49. The van der Waals surface area contributed by atoms with Crippen molar-refractivity contribution in [1.29, 1.82) is 0 Å². The maximum Gasteiger partial charge on any atom is 0.0908 e. The quantitative estimate of drug-likeness (QED) is 0.666. The van der Waals surface area contributed by atoms with Crippen LogP contribution < -0.4 is 0 Å². The molecule has 0 aliphatic rings. The average Bonchev–Trinajstić information content (AvgIpc) is 2.77. The van der Waals surface area contributed by atoms with Gasteiger partial charge in [0.15, 0.2) is 0 Å². The second-order valence-corrected chi connectivity index (χ2v) is 5.69. The Morgan fingerprint density at radius 3 is 2.88 bits per heavy atom. The predicted molar refractivity (Wildman–Crippen MR) is 70.3 cm³/mol. The van der Waals surface area contributed by atoms with Gasteiger partial charge in [-0.2, -0.15) is 0 Å². The third kappa shape index (κ3) is 1.35. The van der Waals surface area contributed by atoms with Gasteiger partial charge in [-0.1, -0.05) is 13.8 Å². The number of rotatable bonds is 1. The Bertz CT molecular complexity index is 661. The summed E-state index contributed by atoms with van der Waals surface area (Å²) in [5.41, 5.74) is 3.64. The maximum atomic E-state index is 4.52. The first-order valence-electron chi connectivity index (χ1n) is 5.54. The van der Waals surface area contributed by atoms with Crippen molar-refractivity contribution < 1.29 is 0 Å². The van der Waals surface area contributed by atoms with Crippen molar-refractivity contribution >= 4 is 32.5 Å². The van der Waals surface area contributed by atoms with Crippen LogP contribution in [0.2, 0.25) is 0 Å². The van der Waals surface area contributed by atoms with Crippen LogP contribution in [0.4, 0.5) is 0 Å². The number of aryl methyl sites for hydroxylation is 1. The minimum atomic E-state index is 0.538. The zero-order chi connectivity index (χ0) is 11.3. The van der Waals surface area contributed by atoms with Gasteiger partial charge in [0.1, 0.15) is 0 Å². The molecule has 0 spiro atoms. The number of benzene rings is 1. The molecule has 0 radical (unpaired) electrons. The number of nitrogens with one attached hydrogen (secondary N) is 1. The molecule has 2 aromatic heterocycles. The molecule has 0 unspecified atom stereocenters. The van der Waals surface area contributed by atoms with Crippen molar-refractivity contribution in [2.45, 2.75) is 26.7 Å². The second-order valence-electron chi connectivity index (χ2n) is 4.49. The number of aromatic nitrogens is 2. The highest BCUT2D eigenvalue weighted by atomic mass is 32.1. The van der Waals surface area contributed by atoms with Gasteiger partial charge in [0.25, 0.3) is 0 Å². The lowest BCUT2D eigenvalue weighted by Crippen LogP contribution is -1.84. The summed E-state index contributed by atoms with van der Waals surface area (Å²) in [7, 11) is 0. The number of fused-ring (bicyclic) bond motifs is 3. The summed E-state index contributed by atoms with van der Waals surface area (Å²) < 4.78 is 1.30. The van der Waals surface area contributed by atoms with Crippen LogP contribution in [0.15, 0.2) is 18.2 Å². The summed E-state index contributed by atoms with van der Waals surface area (Å²) in [4.78, 5) is 8.00. The number of hydrogen-bond donors (Lipinski definition) is 1. The molecule has 1 N–H and O–H groups in total. The topological polar surface area (TPSA) is 28.7 Å². The van der Waals surface area contributed by atoms with E-state index in [9.17, 15) is 0 Å². The van der Waals surface area contributed by atoms with Crippen LogP contribution in [-0.4, -0.2) is 9.97 Å². The smallest absolute Gasteiger partial charge is 0.0908 e. The third-order valence-corrected chi connectivity index (χ3v) is 3.92. The van der Waals surface area contributed by atoms with E-state index in [0.717, 1.165) is 10.5 Å². The fourth-order valence-corrected chi connectivity index (χ4v) is 2.97. The standard InChI is InChI=1S/C13H14N2S/c1-7(2)12-6-9-10(15-12)4-5-11-13(9)16-8(3)14-11/h4-7,15H,1-3H3. The Morgan fingerprint density at radius 2 is 2.12 bits per heavy atom. The van der Waals surface area contributed by atoms with Crippen LogP contribution in [-0.2, 0) is 0 Å². The minimum Gasteiger partial charge on any atom is -0.358 e. The number of thiazole rings is 1. The van der Waals surface area contributed by atoms with Crippen molar-refractivity contribution in [1.82, 2.24) is 9.97 Å². The van der Waals surface area contributed by atoms with Gasteiger partial charge in [0, 0.05) is 16.6 Å². The highest BCUT2D eigenvalue weighted by Crippen LogP contribution is 2.31. The summed E-state index contributed by atoms with van der Waals surface area (Å²) in [5, 5.41) is 2.45. The van der Waals surface area contributed by atoms with Crippen LogP contribution >= 0.6 is 11.3 Å². The highest BCUT2D eigenvalue weighted by Gasteiger charge is 2.09. The van der Waals surface area contributed by atoms with Crippen LogP contribution in [0, 0.1) is 6.92 Å². The SMILES string of the molecule is Cc1nc2ccc3[nH]c(C(C)C)cc3c2s1. The van der Waals surface area contributed by atoms with Crippen molar-refractivity contribution in [3.8, 4) is 0 Å². The van der Waals surface area contributed by atoms with E-state index in [4.69, 9.17) is 0 Å². The fraction of sp³-hybridized carbons (Fsp3) is 0.308. The Morgan fingerprint density at radius 1 is 1.31 bits per heavy atom. The number of hydrogen-bond acceptors (Lipinski definition) is 2. The van der Waals surface area contributed by atoms with Gasteiger partial charge in [-0.25, -0.2) is 4.98 Å². The number of nitrogens with zero attached hydrogens (tertiary/aromatic N) is 1. The van der Waals surface area contributed by atoms with E-state index in [2.05, 4.69) is 48.9 Å². The van der Waals surface area contributed by atoms with E-state index in [1.807, 2.05) is 0 Å². The molecule has 0 aliphatic heterocycles. The Balaban J connectivity index is 2.40. The van der Waals surface area contributed by atoms with Gasteiger partial charge in [-0.15, -0.1) is 11.3 Å². The monoisotopic (exact) mass is 230 g/mol. The lowest BCUT2D eigenvalue weighted by Gasteiger charge is -1.97. The van der Waals surface area contributed by atoms with Crippen molar-refractivity contribution in [2.75, 3.05) is 0 Å². The zero-order valence-electron chi connectivity index (χ0n) is 9.66. The van der Waals surface area contributed by atoms with Crippen LogP contribution in [0.3, 0.4) is 0 Å². The Kier molecular flexibility index (Phi) is 2.04. The molecule has 0 saturated heterocycles. The van der Waals surface area contributed by atoms with Crippen molar-refractivity contribution in [3.05, 3.63) is 28.9 Å². The molecule has 16 heavy (non-hydrogen) atoms. The summed E-state index contributed by atoms with van der Waals surface area (Å²) in [6.45, 7) is 6.48. The Hall–Kier alpha value is -1.35. The van der Waals surface area contributed by atoms with Gasteiger partial charge in [0.2, 0.25) is 0 Å². The molecule has 0 fully saturated rings. The second kappa shape index (κ2) is 3.32. The third-order valence-electron chi connectivity index (χ3n) is 2.90. The van der Waals surface area contributed by atoms with E-state index in [1.165, 1.54) is 21.3 Å². The predicted octanol–water partition coefficient (Wildman–Crippen LogP) is 4.21. The zero-order valence-corrected chi connectivity index (χ0v) is 10.5.